The van der Waals surface area contributed by atoms with Crippen LogP contribution in [0, 0.1) is 0 Å². The average molecular weight is 227 g/mol. The second-order valence-electron chi connectivity index (χ2n) is 3.06. The first-order chi connectivity index (χ1) is 5.95. The van der Waals surface area contributed by atoms with Gasteiger partial charge in [0.2, 0.25) is 0 Å². The van der Waals surface area contributed by atoms with Crippen LogP contribution in [-0.2, 0) is 14.6 Å². The zero-order valence-corrected chi connectivity index (χ0v) is 9.33. The fourth-order valence-electron chi connectivity index (χ4n) is 0.921. The maximum absolute atomic E-state index is 11.0. The average Bonchev–Trinajstić information content (AvgIpc) is 1.98. The van der Waals surface area contributed by atoms with Crippen molar-refractivity contribution in [2.45, 2.75) is 25.7 Å². The van der Waals surface area contributed by atoms with Crippen molar-refractivity contribution in [1.29, 1.82) is 0 Å². The van der Waals surface area contributed by atoms with Crippen LogP contribution in [0.1, 0.15) is 25.7 Å². The molecule has 0 aromatic carbocycles. The first-order valence-electron chi connectivity index (χ1n) is 4.21. The quantitative estimate of drug-likeness (QED) is 0.617. The van der Waals surface area contributed by atoms with E-state index in [1.165, 1.54) is 6.26 Å². The minimum Gasteiger partial charge on any atom is -0.300 e. The topological polar surface area (TPSA) is 51.2 Å². The molecule has 0 bridgehead atoms. The highest BCUT2D eigenvalue weighted by Gasteiger charge is 2.05. The van der Waals surface area contributed by atoms with Crippen LogP contribution in [0.5, 0.6) is 0 Å². The Labute approximate surface area is 84.4 Å². The lowest BCUT2D eigenvalue weighted by Gasteiger charge is -1.98. The Morgan fingerprint density at radius 3 is 2.23 bits per heavy atom. The molecular formula is C8H15ClO3S. The summed E-state index contributed by atoms with van der Waals surface area (Å²) in [7, 11) is -2.92. The van der Waals surface area contributed by atoms with E-state index in [4.69, 9.17) is 11.6 Å². The number of alkyl halides is 1. The monoisotopic (exact) mass is 226 g/mol. The summed E-state index contributed by atoms with van der Waals surface area (Å²) in [6, 6.07) is 0. The Hall–Kier alpha value is -0.0900. The molecule has 3 nitrogen and oxygen atoms in total. The molecule has 0 aliphatic carbocycles. The fraction of sp³-hybridized carbons (Fsp3) is 0.875. The number of ketones is 1. The molecule has 0 rings (SSSR count). The first kappa shape index (κ1) is 12.9. The van der Waals surface area contributed by atoms with Crippen LogP contribution in [0.4, 0.5) is 0 Å². The number of hydrogen-bond acceptors (Lipinski definition) is 3. The fourth-order valence-corrected chi connectivity index (χ4v) is 1.72. The molecule has 78 valence electrons. The lowest BCUT2D eigenvalue weighted by Crippen LogP contribution is -2.06. The summed E-state index contributed by atoms with van der Waals surface area (Å²) >= 11 is 5.40. The number of rotatable bonds is 7. The normalized spacial score (nSPS) is 11.5. The van der Waals surface area contributed by atoms with Gasteiger partial charge in [-0.15, -0.1) is 11.6 Å². The van der Waals surface area contributed by atoms with Crippen LogP contribution in [-0.4, -0.2) is 32.1 Å². The van der Waals surface area contributed by atoms with Crippen molar-refractivity contribution in [3.63, 3.8) is 0 Å². The molecule has 0 aliphatic heterocycles. The van der Waals surface area contributed by atoms with Gasteiger partial charge < -0.3 is 0 Å². The standard InChI is InChI=1S/C8H15ClO3S/c1-13(11,12)7-3-5-8(10)4-2-6-9/h2-7H2,1H3. The second kappa shape index (κ2) is 6.38. The van der Waals surface area contributed by atoms with Gasteiger partial charge in [0.05, 0.1) is 5.75 Å². The molecular weight excluding hydrogens is 212 g/mol. The van der Waals surface area contributed by atoms with E-state index in [1.807, 2.05) is 0 Å². The molecule has 0 saturated carbocycles. The number of carbonyl (C=O) groups excluding carboxylic acids is 1. The van der Waals surface area contributed by atoms with Crippen molar-refractivity contribution in [3.05, 3.63) is 0 Å². The van der Waals surface area contributed by atoms with E-state index in [9.17, 15) is 13.2 Å². The van der Waals surface area contributed by atoms with Gasteiger partial charge in [0, 0.05) is 25.0 Å². The van der Waals surface area contributed by atoms with E-state index < -0.39 is 9.84 Å². The van der Waals surface area contributed by atoms with Crippen LogP contribution in [0.2, 0.25) is 0 Å². The Morgan fingerprint density at radius 1 is 1.23 bits per heavy atom. The van der Waals surface area contributed by atoms with E-state index in [0.29, 0.717) is 31.6 Å². The van der Waals surface area contributed by atoms with Gasteiger partial charge >= 0.3 is 0 Å². The molecule has 0 radical (unpaired) electrons. The number of halogens is 1. The molecule has 0 aromatic rings. The molecule has 0 spiro atoms. The van der Waals surface area contributed by atoms with Gasteiger partial charge in [-0.05, 0) is 12.8 Å². The predicted octanol–water partition coefficient (Wildman–Crippen LogP) is 1.40. The molecule has 0 atom stereocenters. The Kier molecular flexibility index (Phi) is 6.33. The molecule has 13 heavy (non-hydrogen) atoms. The van der Waals surface area contributed by atoms with Gasteiger partial charge in [-0.25, -0.2) is 8.42 Å². The van der Waals surface area contributed by atoms with Gasteiger partial charge in [0.1, 0.15) is 15.6 Å². The summed E-state index contributed by atoms with van der Waals surface area (Å²) in [5.41, 5.74) is 0. The van der Waals surface area contributed by atoms with Gasteiger partial charge in [-0.1, -0.05) is 0 Å². The highest BCUT2D eigenvalue weighted by atomic mass is 35.5. The van der Waals surface area contributed by atoms with E-state index >= 15 is 0 Å². The van der Waals surface area contributed by atoms with Crippen LogP contribution in [0.25, 0.3) is 0 Å². The third-order valence-electron chi connectivity index (χ3n) is 1.56. The lowest BCUT2D eigenvalue weighted by molar-refractivity contribution is -0.119. The third-order valence-corrected chi connectivity index (χ3v) is 2.86. The van der Waals surface area contributed by atoms with Crippen molar-refractivity contribution < 1.29 is 13.2 Å². The molecule has 0 saturated heterocycles. The number of hydrogen-bond donors (Lipinski definition) is 0. The van der Waals surface area contributed by atoms with Crippen LogP contribution >= 0.6 is 11.6 Å². The van der Waals surface area contributed by atoms with Crippen molar-refractivity contribution in [3.8, 4) is 0 Å². The molecule has 0 fully saturated rings. The minimum atomic E-state index is -2.92. The van der Waals surface area contributed by atoms with Gasteiger partial charge in [0.25, 0.3) is 0 Å². The van der Waals surface area contributed by atoms with Crippen molar-refractivity contribution >= 4 is 27.2 Å². The Bertz CT molecular complexity index is 246. The number of sulfone groups is 1. The minimum absolute atomic E-state index is 0.0968. The van der Waals surface area contributed by atoms with Crippen LogP contribution in [0.3, 0.4) is 0 Å². The van der Waals surface area contributed by atoms with Crippen molar-refractivity contribution in [2.75, 3.05) is 17.9 Å². The third kappa shape index (κ3) is 9.83. The van der Waals surface area contributed by atoms with Gasteiger partial charge in [-0.3, -0.25) is 4.79 Å². The molecule has 0 amide bonds. The molecule has 0 aromatic heterocycles. The van der Waals surface area contributed by atoms with E-state index in [1.54, 1.807) is 0 Å². The van der Waals surface area contributed by atoms with Crippen molar-refractivity contribution in [1.82, 2.24) is 0 Å². The Balaban J connectivity index is 3.49. The van der Waals surface area contributed by atoms with Gasteiger partial charge in [0.15, 0.2) is 0 Å². The summed E-state index contributed by atoms with van der Waals surface area (Å²) in [4.78, 5) is 11.0. The summed E-state index contributed by atoms with van der Waals surface area (Å²) in [5.74, 6) is 0.682. The first-order valence-corrected chi connectivity index (χ1v) is 6.80. The summed E-state index contributed by atoms with van der Waals surface area (Å²) in [6.07, 6.45) is 3.10. The molecule has 0 unspecified atom stereocenters. The summed E-state index contributed by atoms with van der Waals surface area (Å²) in [6.45, 7) is 0. The highest BCUT2D eigenvalue weighted by molar-refractivity contribution is 7.90. The zero-order valence-electron chi connectivity index (χ0n) is 7.75. The van der Waals surface area contributed by atoms with Crippen molar-refractivity contribution in [2.24, 2.45) is 0 Å². The largest absolute Gasteiger partial charge is 0.300 e. The second-order valence-corrected chi connectivity index (χ2v) is 5.70. The smallest absolute Gasteiger partial charge is 0.147 e. The van der Waals surface area contributed by atoms with E-state index in [0.717, 1.165) is 0 Å². The molecule has 5 heteroatoms. The lowest BCUT2D eigenvalue weighted by atomic mass is 10.1. The number of Topliss-reactive ketones (excluding diaryl/α,β-unsaturated/α-hetero) is 1. The van der Waals surface area contributed by atoms with E-state index in [-0.39, 0.29) is 11.5 Å². The zero-order chi connectivity index (χ0) is 10.3. The molecule has 0 heterocycles. The SMILES string of the molecule is CS(=O)(=O)CCCC(=O)CCCCl. The van der Waals surface area contributed by atoms with Crippen LogP contribution < -0.4 is 0 Å². The van der Waals surface area contributed by atoms with Crippen LogP contribution in [0.15, 0.2) is 0 Å². The summed E-state index contributed by atoms with van der Waals surface area (Å²) < 4.78 is 21.4. The maximum atomic E-state index is 11.0. The Morgan fingerprint density at radius 2 is 1.77 bits per heavy atom. The molecule has 0 N–H and O–H groups in total. The summed E-state index contributed by atoms with van der Waals surface area (Å²) in [5, 5.41) is 0. The van der Waals surface area contributed by atoms with E-state index in [2.05, 4.69) is 0 Å². The maximum Gasteiger partial charge on any atom is 0.147 e. The highest BCUT2D eigenvalue weighted by Crippen LogP contribution is 2.01. The van der Waals surface area contributed by atoms with Gasteiger partial charge in [-0.2, -0.15) is 0 Å². The predicted molar refractivity (Wildman–Crippen MR) is 53.9 cm³/mol. The number of carbonyl (C=O) groups is 1. The molecule has 0 aliphatic rings.